The second kappa shape index (κ2) is 7.50. The summed E-state index contributed by atoms with van der Waals surface area (Å²) >= 11 is 0. The third-order valence-electron chi connectivity index (χ3n) is 6.42. The number of piperazine rings is 1. The Balaban J connectivity index is 1.18. The van der Waals surface area contributed by atoms with Crippen LogP contribution >= 0.6 is 0 Å². The minimum Gasteiger partial charge on any atom is -0.382 e. The molecule has 146 valence electrons. The van der Waals surface area contributed by atoms with Crippen molar-refractivity contribution in [2.75, 3.05) is 51.1 Å². The zero-order valence-electron chi connectivity index (χ0n) is 16.3. The summed E-state index contributed by atoms with van der Waals surface area (Å²) in [6, 6.07) is 6.87. The van der Waals surface area contributed by atoms with Crippen LogP contribution in [0.2, 0.25) is 0 Å². The van der Waals surface area contributed by atoms with E-state index in [1.54, 1.807) is 4.90 Å². The Labute approximate surface area is 161 Å². The van der Waals surface area contributed by atoms with Crippen LogP contribution in [0.4, 0.5) is 5.69 Å². The molecule has 2 amide bonds. The molecule has 0 aliphatic carbocycles. The van der Waals surface area contributed by atoms with Gasteiger partial charge >= 0.3 is 0 Å². The lowest BCUT2D eigenvalue weighted by Crippen LogP contribution is -2.61. The lowest BCUT2D eigenvalue weighted by molar-refractivity contribution is -0.912. The zero-order valence-corrected chi connectivity index (χ0v) is 16.3. The number of carbonyl (C=O) groups is 2. The van der Waals surface area contributed by atoms with Crippen molar-refractivity contribution in [3.05, 3.63) is 29.3 Å². The van der Waals surface area contributed by atoms with Crippen molar-refractivity contribution < 1.29 is 14.1 Å². The van der Waals surface area contributed by atoms with Crippen molar-refractivity contribution in [3.8, 4) is 0 Å². The first-order chi connectivity index (χ1) is 13.0. The third kappa shape index (κ3) is 4.10. The maximum absolute atomic E-state index is 12.4. The normalized spacial score (nSPS) is 23.4. The Bertz CT molecular complexity index is 727. The predicted octanol–water partition coefficient (Wildman–Crippen LogP) is 1.29. The molecule has 27 heavy (non-hydrogen) atoms. The van der Waals surface area contributed by atoms with Crippen LogP contribution in [0.5, 0.6) is 0 Å². The van der Waals surface area contributed by atoms with Gasteiger partial charge in [-0.15, -0.1) is 0 Å². The van der Waals surface area contributed by atoms with E-state index in [1.165, 1.54) is 29.7 Å². The summed E-state index contributed by atoms with van der Waals surface area (Å²) in [5, 5.41) is 6.53. The highest BCUT2D eigenvalue weighted by molar-refractivity contribution is 5.85. The fraction of sp³-hybridized carbons (Fsp3) is 0.619. The van der Waals surface area contributed by atoms with Crippen molar-refractivity contribution in [2.45, 2.75) is 38.6 Å². The molecule has 1 unspecified atom stereocenters. The van der Waals surface area contributed by atoms with Gasteiger partial charge in [0, 0.05) is 31.1 Å². The lowest BCUT2D eigenvalue weighted by Gasteiger charge is -2.41. The predicted molar refractivity (Wildman–Crippen MR) is 105 cm³/mol. The standard InChI is InChI=1S/C21H30N4O2/c1-16-4-5-19-17(12-16)13-18(23-19)6-7-22-20(26)14-24-8-11-25(15-21(24)27)9-2-3-10-25/h4-5,12,18,23H,2-3,6-11,13-15H2,1H3/p+1. The topological polar surface area (TPSA) is 61.4 Å². The molecule has 2 saturated heterocycles. The molecule has 4 rings (SSSR count). The van der Waals surface area contributed by atoms with Crippen LogP contribution in [0.3, 0.4) is 0 Å². The molecule has 1 aromatic rings. The van der Waals surface area contributed by atoms with Gasteiger partial charge < -0.3 is 20.0 Å². The first kappa shape index (κ1) is 18.3. The number of anilines is 1. The van der Waals surface area contributed by atoms with Gasteiger partial charge in [0.05, 0.1) is 32.7 Å². The van der Waals surface area contributed by atoms with Crippen molar-refractivity contribution in [3.63, 3.8) is 0 Å². The molecule has 0 saturated carbocycles. The molecule has 2 N–H and O–H groups in total. The fourth-order valence-electron chi connectivity index (χ4n) is 4.84. The van der Waals surface area contributed by atoms with E-state index >= 15 is 0 Å². The van der Waals surface area contributed by atoms with E-state index in [-0.39, 0.29) is 18.4 Å². The molecule has 0 aromatic heterocycles. The van der Waals surface area contributed by atoms with Crippen LogP contribution in [0.25, 0.3) is 0 Å². The second-order valence-corrected chi connectivity index (χ2v) is 8.54. The number of carbonyl (C=O) groups excluding carboxylic acids is 2. The van der Waals surface area contributed by atoms with Gasteiger partial charge in [0.2, 0.25) is 5.91 Å². The second-order valence-electron chi connectivity index (χ2n) is 8.54. The highest BCUT2D eigenvalue weighted by Crippen LogP contribution is 2.27. The van der Waals surface area contributed by atoms with E-state index in [9.17, 15) is 9.59 Å². The summed E-state index contributed by atoms with van der Waals surface area (Å²) in [4.78, 5) is 26.5. The molecule has 3 aliphatic rings. The van der Waals surface area contributed by atoms with Crippen LogP contribution in [0.15, 0.2) is 18.2 Å². The first-order valence-electron chi connectivity index (χ1n) is 10.3. The zero-order chi connectivity index (χ0) is 18.9. The van der Waals surface area contributed by atoms with Crippen LogP contribution < -0.4 is 10.6 Å². The number of nitrogens with one attached hydrogen (secondary N) is 2. The number of hydrogen-bond acceptors (Lipinski definition) is 3. The average Bonchev–Trinajstić information content (AvgIpc) is 3.24. The molecule has 1 aromatic carbocycles. The molecule has 0 radical (unpaired) electrons. The first-order valence-corrected chi connectivity index (χ1v) is 10.3. The molecular weight excluding hydrogens is 340 g/mol. The van der Waals surface area contributed by atoms with Crippen molar-refractivity contribution in [1.29, 1.82) is 0 Å². The summed E-state index contributed by atoms with van der Waals surface area (Å²) in [6.07, 6.45) is 4.36. The third-order valence-corrected chi connectivity index (χ3v) is 6.42. The van der Waals surface area contributed by atoms with E-state index in [0.717, 1.165) is 37.0 Å². The van der Waals surface area contributed by atoms with Gasteiger partial charge in [-0.1, -0.05) is 17.7 Å². The van der Waals surface area contributed by atoms with Crippen LogP contribution in [-0.4, -0.2) is 73.1 Å². The summed E-state index contributed by atoms with van der Waals surface area (Å²) in [7, 11) is 0. The lowest BCUT2D eigenvalue weighted by atomic mass is 10.1. The Kier molecular flexibility index (Phi) is 5.08. The minimum absolute atomic E-state index is 0.0374. The SMILES string of the molecule is Cc1ccc2c(c1)CC(CCNC(=O)CN1CC[N+]3(CCCC3)CC1=O)N2. The number of rotatable bonds is 5. The molecule has 6 nitrogen and oxygen atoms in total. The number of benzene rings is 1. The molecule has 1 spiro atoms. The maximum Gasteiger partial charge on any atom is 0.278 e. The van der Waals surface area contributed by atoms with E-state index in [2.05, 4.69) is 35.8 Å². The quantitative estimate of drug-likeness (QED) is 0.767. The Hall–Kier alpha value is -2.08. The summed E-state index contributed by atoms with van der Waals surface area (Å²) in [5.74, 6) is 0.103. The largest absolute Gasteiger partial charge is 0.382 e. The van der Waals surface area contributed by atoms with E-state index in [4.69, 9.17) is 0 Å². The van der Waals surface area contributed by atoms with Gasteiger partial charge in [-0.05, 0) is 31.4 Å². The Morgan fingerprint density at radius 3 is 2.89 bits per heavy atom. The van der Waals surface area contributed by atoms with Crippen molar-refractivity contribution in [2.24, 2.45) is 0 Å². The smallest absolute Gasteiger partial charge is 0.278 e. The highest BCUT2D eigenvalue weighted by atomic mass is 16.2. The van der Waals surface area contributed by atoms with E-state index in [1.807, 2.05) is 0 Å². The number of amides is 2. The van der Waals surface area contributed by atoms with Crippen LogP contribution in [-0.2, 0) is 16.0 Å². The van der Waals surface area contributed by atoms with Gasteiger partial charge in [0.15, 0.2) is 6.54 Å². The molecule has 6 heteroatoms. The number of hydrogen-bond donors (Lipinski definition) is 2. The molecule has 3 heterocycles. The summed E-state index contributed by atoms with van der Waals surface area (Å²) in [5.41, 5.74) is 3.87. The van der Waals surface area contributed by atoms with Crippen LogP contribution in [0, 0.1) is 6.92 Å². The van der Waals surface area contributed by atoms with Gasteiger partial charge in [-0.25, -0.2) is 0 Å². The van der Waals surface area contributed by atoms with Gasteiger partial charge in [-0.2, -0.15) is 0 Å². The maximum atomic E-state index is 12.4. The fourth-order valence-corrected chi connectivity index (χ4v) is 4.84. The monoisotopic (exact) mass is 371 g/mol. The van der Waals surface area contributed by atoms with Gasteiger partial charge in [0.25, 0.3) is 5.91 Å². The van der Waals surface area contributed by atoms with Crippen molar-refractivity contribution >= 4 is 17.5 Å². The van der Waals surface area contributed by atoms with Crippen LogP contribution in [0.1, 0.15) is 30.4 Å². The van der Waals surface area contributed by atoms with E-state index < -0.39 is 0 Å². The van der Waals surface area contributed by atoms with Gasteiger partial charge in [-0.3, -0.25) is 9.59 Å². The van der Waals surface area contributed by atoms with Gasteiger partial charge in [0.1, 0.15) is 0 Å². The molecule has 0 bridgehead atoms. The molecule has 1 atom stereocenters. The Morgan fingerprint density at radius 2 is 2.11 bits per heavy atom. The minimum atomic E-state index is -0.0374. The summed E-state index contributed by atoms with van der Waals surface area (Å²) in [6.45, 7) is 7.51. The number of nitrogens with zero attached hydrogens (tertiary/aromatic N) is 2. The van der Waals surface area contributed by atoms with Crippen molar-refractivity contribution in [1.82, 2.24) is 10.2 Å². The number of quaternary nitrogens is 1. The number of fused-ring (bicyclic) bond motifs is 1. The highest BCUT2D eigenvalue weighted by Gasteiger charge is 2.40. The molecule has 2 fully saturated rings. The summed E-state index contributed by atoms with van der Waals surface area (Å²) < 4.78 is 0.949. The number of aryl methyl sites for hydroxylation is 1. The average molecular weight is 372 g/mol. The molecule has 3 aliphatic heterocycles. The van der Waals surface area contributed by atoms with E-state index in [0.29, 0.717) is 25.7 Å². The molecular formula is C21H31N4O2+. The Morgan fingerprint density at radius 1 is 1.30 bits per heavy atom.